The quantitative estimate of drug-likeness (QED) is 0.492. The number of methoxy groups -OCH3 is 1. The average Bonchev–Trinajstić information content (AvgIpc) is 2.25. The van der Waals surface area contributed by atoms with Crippen LogP contribution in [0.5, 0.6) is 0 Å². The third-order valence-corrected chi connectivity index (χ3v) is 2.02. The van der Waals surface area contributed by atoms with Crippen LogP contribution in [0.1, 0.15) is 20.8 Å². The van der Waals surface area contributed by atoms with Crippen molar-refractivity contribution >= 4 is 11.8 Å². The molecule has 0 aliphatic carbocycles. The van der Waals surface area contributed by atoms with Crippen LogP contribution < -0.4 is 16.0 Å². The Kier molecular flexibility index (Phi) is 8.35. The molecule has 0 aliphatic rings. The molecule has 6 nitrogen and oxygen atoms in total. The summed E-state index contributed by atoms with van der Waals surface area (Å²) in [7, 11) is 1.57. The highest BCUT2D eigenvalue weighted by Crippen LogP contribution is 1.84. The molecule has 6 heteroatoms. The summed E-state index contributed by atoms with van der Waals surface area (Å²) in [6.45, 7) is 6.58. The molecular weight excluding hydrogens is 222 g/mol. The van der Waals surface area contributed by atoms with Gasteiger partial charge in [0.1, 0.15) is 0 Å². The van der Waals surface area contributed by atoms with Crippen LogP contribution in [0.2, 0.25) is 0 Å². The Morgan fingerprint density at radius 3 is 2.41 bits per heavy atom. The molecule has 1 atom stereocenters. The fourth-order valence-electron chi connectivity index (χ4n) is 1.10. The lowest BCUT2D eigenvalue weighted by atomic mass is 10.3. The summed E-state index contributed by atoms with van der Waals surface area (Å²) in [4.78, 5) is 22.8. The number of carbonyl (C=O) groups excluding carboxylic acids is 2. The van der Waals surface area contributed by atoms with Gasteiger partial charge in [-0.15, -0.1) is 0 Å². The molecule has 2 amide bonds. The first-order chi connectivity index (χ1) is 7.97. The number of hydrogen-bond donors (Lipinski definition) is 3. The second-order valence-corrected chi connectivity index (χ2v) is 4.11. The zero-order valence-corrected chi connectivity index (χ0v) is 11.0. The molecule has 0 saturated heterocycles. The van der Waals surface area contributed by atoms with Crippen LogP contribution in [0.25, 0.3) is 0 Å². The van der Waals surface area contributed by atoms with Crippen molar-refractivity contribution in [2.45, 2.75) is 32.9 Å². The molecule has 3 N–H and O–H groups in total. The molecule has 1 unspecified atom stereocenters. The molecular formula is C11H23N3O3. The number of carbonyl (C=O) groups is 2. The molecule has 0 spiro atoms. The predicted octanol–water partition coefficient (Wildman–Crippen LogP) is -0.748. The smallest absolute Gasteiger partial charge is 0.237 e. The maximum Gasteiger partial charge on any atom is 0.237 e. The van der Waals surface area contributed by atoms with E-state index in [1.807, 2.05) is 13.8 Å². The summed E-state index contributed by atoms with van der Waals surface area (Å²) >= 11 is 0. The molecule has 0 fully saturated rings. The maximum atomic E-state index is 11.5. The van der Waals surface area contributed by atoms with E-state index in [0.717, 1.165) is 0 Å². The maximum absolute atomic E-state index is 11.5. The van der Waals surface area contributed by atoms with E-state index in [0.29, 0.717) is 13.2 Å². The van der Waals surface area contributed by atoms with Crippen molar-refractivity contribution in [1.82, 2.24) is 16.0 Å². The van der Waals surface area contributed by atoms with Gasteiger partial charge in [-0.1, -0.05) is 0 Å². The molecule has 0 aromatic heterocycles. The van der Waals surface area contributed by atoms with E-state index in [-0.39, 0.29) is 30.4 Å². The molecule has 0 rings (SSSR count). The molecule has 0 bridgehead atoms. The standard InChI is InChI=1S/C11H23N3O3/c1-8(2)14-11(16)9(3)13-7-10(15)12-5-6-17-4/h8-9,13H,5-7H2,1-4H3,(H,12,15)(H,14,16). The number of hydrogen-bond acceptors (Lipinski definition) is 4. The summed E-state index contributed by atoms with van der Waals surface area (Å²) in [6, 6.07) is -0.284. The number of nitrogens with one attached hydrogen (secondary N) is 3. The third kappa shape index (κ3) is 8.65. The minimum Gasteiger partial charge on any atom is -0.383 e. The van der Waals surface area contributed by atoms with Crippen LogP contribution in [0.4, 0.5) is 0 Å². The SMILES string of the molecule is COCCNC(=O)CNC(C)C(=O)NC(C)C. The van der Waals surface area contributed by atoms with Gasteiger partial charge in [-0.25, -0.2) is 0 Å². The van der Waals surface area contributed by atoms with E-state index in [1.54, 1.807) is 14.0 Å². The Morgan fingerprint density at radius 2 is 1.88 bits per heavy atom. The van der Waals surface area contributed by atoms with Crippen molar-refractivity contribution < 1.29 is 14.3 Å². The van der Waals surface area contributed by atoms with E-state index in [4.69, 9.17) is 4.74 Å². The summed E-state index contributed by atoms with van der Waals surface area (Å²) < 4.78 is 4.80. The number of amides is 2. The Bertz CT molecular complexity index is 244. The normalized spacial score (nSPS) is 12.3. The molecule has 17 heavy (non-hydrogen) atoms. The van der Waals surface area contributed by atoms with Crippen molar-refractivity contribution in [2.75, 3.05) is 26.8 Å². The number of ether oxygens (including phenoxy) is 1. The van der Waals surface area contributed by atoms with E-state index in [9.17, 15) is 9.59 Å². The van der Waals surface area contributed by atoms with Crippen molar-refractivity contribution in [3.8, 4) is 0 Å². The van der Waals surface area contributed by atoms with E-state index >= 15 is 0 Å². The lowest BCUT2D eigenvalue weighted by Gasteiger charge is -2.15. The highest BCUT2D eigenvalue weighted by atomic mass is 16.5. The fraction of sp³-hybridized carbons (Fsp3) is 0.818. The van der Waals surface area contributed by atoms with Gasteiger partial charge in [0, 0.05) is 19.7 Å². The fourth-order valence-corrected chi connectivity index (χ4v) is 1.10. The van der Waals surface area contributed by atoms with Crippen LogP contribution in [0, 0.1) is 0 Å². The summed E-state index contributed by atoms with van der Waals surface area (Å²) in [5.74, 6) is -0.254. The predicted molar refractivity (Wildman–Crippen MR) is 65.6 cm³/mol. The third-order valence-electron chi connectivity index (χ3n) is 2.02. The van der Waals surface area contributed by atoms with Gasteiger partial charge < -0.3 is 15.4 Å². The summed E-state index contributed by atoms with van der Waals surface area (Å²) in [5.41, 5.74) is 0. The molecule has 0 aromatic rings. The van der Waals surface area contributed by atoms with E-state index in [1.165, 1.54) is 0 Å². The minimum atomic E-state index is -0.384. The van der Waals surface area contributed by atoms with Crippen LogP contribution >= 0.6 is 0 Å². The number of rotatable bonds is 8. The lowest BCUT2D eigenvalue weighted by Crippen LogP contribution is -2.47. The van der Waals surface area contributed by atoms with Gasteiger partial charge in [0.25, 0.3) is 0 Å². The molecule has 0 aromatic carbocycles. The van der Waals surface area contributed by atoms with Crippen molar-refractivity contribution in [1.29, 1.82) is 0 Å². The molecule has 0 aliphatic heterocycles. The zero-order valence-electron chi connectivity index (χ0n) is 11.0. The Morgan fingerprint density at radius 1 is 1.24 bits per heavy atom. The van der Waals surface area contributed by atoms with Crippen LogP contribution in [-0.2, 0) is 14.3 Å². The topological polar surface area (TPSA) is 79.5 Å². The van der Waals surface area contributed by atoms with Gasteiger partial charge in [-0.05, 0) is 20.8 Å². The van der Waals surface area contributed by atoms with Gasteiger partial charge in [0.05, 0.1) is 19.2 Å². The second-order valence-electron chi connectivity index (χ2n) is 4.11. The molecule has 0 heterocycles. The first kappa shape index (κ1) is 15.9. The first-order valence-electron chi connectivity index (χ1n) is 5.76. The first-order valence-corrected chi connectivity index (χ1v) is 5.76. The Labute approximate surface area is 102 Å². The van der Waals surface area contributed by atoms with Crippen molar-refractivity contribution in [2.24, 2.45) is 0 Å². The van der Waals surface area contributed by atoms with Crippen molar-refractivity contribution in [3.05, 3.63) is 0 Å². The van der Waals surface area contributed by atoms with Crippen molar-refractivity contribution in [3.63, 3.8) is 0 Å². The van der Waals surface area contributed by atoms with E-state index in [2.05, 4.69) is 16.0 Å². The average molecular weight is 245 g/mol. The van der Waals surface area contributed by atoms with Crippen LogP contribution in [0.15, 0.2) is 0 Å². The minimum absolute atomic E-state index is 0.0993. The van der Waals surface area contributed by atoms with Gasteiger partial charge in [0.15, 0.2) is 0 Å². The molecule has 100 valence electrons. The zero-order chi connectivity index (χ0) is 13.3. The Hall–Kier alpha value is -1.14. The monoisotopic (exact) mass is 245 g/mol. The van der Waals surface area contributed by atoms with Gasteiger partial charge in [-0.2, -0.15) is 0 Å². The lowest BCUT2D eigenvalue weighted by molar-refractivity contribution is -0.124. The summed E-state index contributed by atoms with van der Waals surface area (Å²) in [5, 5.41) is 8.28. The Balaban J connectivity index is 3.71. The van der Waals surface area contributed by atoms with Gasteiger partial charge >= 0.3 is 0 Å². The molecule has 0 saturated carbocycles. The van der Waals surface area contributed by atoms with Gasteiger partial charge in [-0.3, -0.25) is 14.9 Å². The molecule has 0 radical (unpaired) electrons. The highest BCUT2D eigenvalue weighted by molar-refractivity contribution is 5.83. The van der Waals surface area contributed by atoms with Crippen LogP contribution in [0.3, 0.4) is 0 Å². The highest BCUT2D eigenvalue weighted by Gasteiger charge is 2.13. The summed E-state index contributed by atoms with van der Waals surface area (Å²) in [6.07, 6.45) is 0. The second kappa shape index (κ2) is 8.95. The van der Waals surface area contributed by atoms with Crippen LogP contribution in [-0.4, -0.2) is 50.7 Å². The van der Waals surface area contributed by atoms with E-state index < -0.39 is 0 Å². The van der Waals surface area contributed by atoms with Gasteiger partial charge in [0.2, 0.25) is 11.8 Å². The largest absolute Gasteiger partial charge is 0.383 e.